The number of hydrogen-bond donors (Lipinski definition) is 1. The highest BCUT2D eigenvalue weighted by molar-refractivity contribution is 6.06. The first-order valence-electron chi connectivity index (χ1n) is 7.60. The summed E-state index contributed by atoms with van der Waals surface area (Å²) in [7, 11) is 0. The van der Waals surface area contributed by atoms with Crippen LogP contribution in [0.2, 0.25) is 0 Å². The molecule has 1 heterocycles. The van der Waals surface area contributed by atoms with Gasteiger partial charge in [-0.1, -0.05) is 0 Å². The van der Waals surface area contributed by atoms with Crippen LogP contribution in [-0.2, 0) is 9.59 Å². The maximum atomic E-state index is 12.9. The third kappa shape index (κ3) is 3.50. The number of hydrogen-bond acceptors (Lipinski definition) is 4. The lowest BCUT2D eigenvalue weighted by molar-refractivity contribution is -0.127. The van der Waals surface area contributed by atoms with E-state index in [-0.39, 0.29) is 12.5 Å². The van der Waals surface area contributed by atoms with Crippen LogP contribution in [0.5, 0.6) is 5.75 Å². The fourth-order valence-electron chi connectivity index (χ4n) is 2.54. The Morgan fingerprint density at radius 2 is 2.00 bits per heavy atom. The van der Waals surface area contributed by atoms with Crippen molar-refractivity contribution in [3.8, 4) is 5.75 Å². The van der Waals surface area contributed by atoms with Gasteiger partial charge < -0.3 is 10.1 Å². The summed E-state index contributed by atoms with van der Waals surface area (Å²) in [6, 6.07) is 9.96. The molecule has 6 nitrogen and oxygen atoms in total. The molecular formula is C18H15FN2O4. The van der Waals surface area contributed by atoms with E-state index in [4.69, 9.17) is 4.74 Å². The van der Waals surface area contributed by atoms with Crippen LogP contribution in [0.1, 0.15) is 17.3 Å². The lowest BCUT2D eigenvalue weighted by atomic mass is 10.1. The van der Waals surface area contributed by atoms with Crippen molar-refractivity contribution < 1.29 is 23.5 Å². The Hall–Kier alpha value is -3.22. The molecule has 0 bridgehead atoms. The first-order valence-corrected chi connectivity index (χ1v) is 7.60. The van der Waals surface area contributed by atoms with Crippen LogP contribution in [0.3, 0.4) is 0 Å². The second-order valence-corrected chi connectivity index (χ2v) is 5.58. The molecule has 7 heteroatoms. The summed E-state index contributed by atoms with van der Waals surface area (Å²) in [5.41, 5.74) is 1.15. The summed E-state index contributed by atoms with van der Waals surface area (Å²) in [5, 5.41) is 2.60. The number of nitrogens with one attached hydrogen (secondary N) is 1. The molecule has 1 unspecified atom stereocenters. The molecule has 0 fully saturated rings. The van der Waals surface area contributed by atoms with Crippen LogP contribution in [0.15, 0.2) is 42.5 Å². The van der Waals surface area contributed by atoms with E-state index in [0.717, 1.165) is 0 Å². The number of benzene rings is 2. The van der Waals surface area contributed by atoms with Crippen LogP contribution in [0.4, 0.5) is 15.8 Å². The maximum Gasteiger partial charge on any atom is 0.268 e. The Morgan fingerprint density at radius 3 is 2.68 bits per heavy atom. The highest BCUT2D eigenvalue weighted by Crippen LogP contribution is 2.34. The minimum absolute atomic E-state index is 0.251. The van der Waals surface area contributed by atoms with Gasteiger partial charge in [0, 0.05) is 11.3 Å². The van der Waals surface area contributed by atoms with Crippen LogP contribution in [-0.4, -0.2) is 30.7 Å². The molecule has 2 amide bonds. The summed E-state index contributed by atoms with van der Waals surface area (Å²) >= 11 is 0. The fraction of sp³-hybridized carbons (Fsp3) is 0.167. The summed E-state index contributed by atoms with van der Waals surface area (Å²) in [6.07, 6.45) is -0.0901. The topological polar surface area (TPSA) is 75.7 Å². The molecular weight excluding hydrogens is 327 g/mol. The predicted molar refractivity (Wildman–Crippen MR) is 89.3 cm³/mol. The molecule has 2 aromatic rings. The second kappa shape index (κ2) is 6.72. The van der Waals surface area contributed by atoms with E-state index in [1.165, 1.54) is 35.2 Å². The molecule has 1 N–H and O–H groups in total. The van der Waals surface area contributed by atoms with E-state index >= 15 is 0 Å². The van der Waals surface area contributed by atoms with E-state index in [1.807, 2.05) is 0 Å². The number of aldehydes is 1. The van der Waals surface area contributed by atoms with Gasteiger partial charge in [0.05, 0.1) is 5.69 Å². The molecule has 0 aromatic heterocycles. The van der Waals surface area contributed by atoms with Crippen molar-refractivity contribution >= 4 is 29.5 Å². The van der Waals surface area contributed by atoms with Crippen molar-refractivity contribution in [2.75, 3.05) is 16.8 Å². The zero-order valence-corrected chi connectivity index (χ0v) is 13.4. The van der Waals surface area contributed by atoms with Gasteiger partial charge >= 0.3 is 0 Å². The lowest BCUT2D eigenvalue weighted by Gasteiger charge is -2.32. The third-order valence-corrected chi connectivity index (χ3v) is 3.76. The van der Waals surface area contributed by atoms with Gasteiger partial charge in [-0.05, 0) is 49.4 Å². The number of nitrogens with zero attached hydrogens (tertiary/aromatic N) is 1. The molecule has 0 spiro atoms. The van der Waals surface area contributed by atoms with Crippen molar-refractivity contribution in [3.05, 3.63) is 53.8 Å². The van der Waals surface area contributed by atoms with Crippen molar-refractivity contribution in [2.45, 2.75) is 13.0 Å². The number of rotatable bonds is 4. The van der Waals surface area contributed by atoms with Crippen molar-refractivity contribution in [1.82, 2.24) is 0 Å². The van der Waals surface area contributed by atoms with Crippen LogP contribution >= 0.6 is 0 Å². The number of halogens is 1. The van der Waals surface area contributed by atoms with Crippen LogP contribution < -0.4 is 15.0 Å². The standard InChI is InChI=1S/C18H15FN2O4/c1-11-18(24)21(15-8-12(10-22)2-7-16(15)25-11)9-17(23)20-14-5-3-13(19)4-6-14/h2-8,10-11H,9H2,1H3,(H,20,23). The Labute approximate surface area is 143 Å². The van der Waals surface area contributed by atoms with E-state index in [0.29, 0.717) is 29.0 Å². The Morgan fingerprint density at radius 1 is 1.28 bits per heavy atom. The SMILES string of the molecule is CC1Oc2ccc(C=O)cc2N(CC(=O)Nc2ccc(F)cc2)C1=O. The van der Waals surface area contributed by atoms with Gasteiger partial charge in [0.25, 0.3) is 5.91 Å². The van der Waals surface area contributed by atoms with Gasteiger partial charge in [0.15, 0.2) is 6.10 Å². The van der Waals surface area contributed by atoms with E-state index in [2.05, 4.69) is 5.32 Å². The molecule has 1 aliphatic rings. The molecule has 3 rings (SSSR count). The molecule has 2 aromatic carbocycles. The minimum Gasteiger partial charge on any atom is -0.479 e. The predicted octanol–water partition coefficient (Wildman–Crippen LogP) is 2.39. The minimum atomic E-state index is -0.742. The van der Waals surface area contributed by atoms with Crippen LogP contribution in [0, 0.1) is 5.82 Å². The average Bonchev–Trinajstić information content (AvgIpc) is 2.60. The Balaban J connectivity index is 1.83. The van der Waals surface area contributed by atoms with E-state index in [9.17, 15) is 18.8 Å². The number of carbonyl (C=O) groups excluding carboxylic acids is 3. The van der Waals surface area contributed by atoms with Gasteiger partial charge in [0.1, 0.15) is 24.4 Å². The van der Waals surface area contributed by atoms with Crippen molar-refractivity contribution in [3.63, 3.8) is 0 Å². The molecule has 1 aliphatic heterocycles. The van der Waals surface area contributed by atoms with Gasteiger partial charge in [0.2, 0.25) is 5.91 Å². The first kappa shape index (κ1) is 16.6. The van der Waals surface area contributed by atoms with Gasteiger partial charge in [-0.15, -0.1) is 0 Å². The monoisotopic (exact) mass is 342 g/mol. The Bertz CT molecular complexity index is 835. The van der Waals surface area contributed by atoms with E-state index in [1.54, 1.807) is 19.1 Å². The highest BCUT2D eigenvalue weighted by Gasteiger charge is 2.32. The normalized spacial score (nSPS) is 16.0. The molecule has 0 aliphatic carbocycles. The van der Waals surface area contributed by atoms with E-state index < -0.39 is 17.8 Å². The summed E-state index contributed by atoms with van der Waals surface area (Å²) in [6.45, 7) is 1.34. The van der Waals surface area contributed by atoms with Gasteiger partial charge in [-0.3, -0.25) is 19.3 Å². The maximum absolute atomic E-state index is 12.9. The van der Waals surface area contributed by atoms with Crippen molar-refractivity contribution in [2.24, 2.45) is 0 Å². The quantitative estimate of drug-likeness (QED) is 0.866. The molecule has 1 atom stereocenters. The number of fused-ring (bicyclic) bond motifs is 1. The average molecular weight is 342 g/mol. The van der Waals surface area contributed by atoms with Gasteiger partial charge in [-0.2, -0.15) is 0 Å². The molecule has 128 valence electrons. The third-order valence-electron chi connectivity index (χ3n) is 3.76. The van der Waals surface area contributed by atoms with Crippen molar-refractivity contribution in [1.29, 1.82) is 0 Å². The zero-order chi connectivity index (χ0) is 18.0. The molecule has 0 saturated heterocycles. The highest BCUT2D eigenvalue weighted by atomic mass is 19.1. The second-order valence-electron chi connectivity index (χ2n) is 5.58. The van der Waals surface area contributed by atoms with Crippen LogP contribution in [0.25, 0.3) is 0 Å². The summed E-state index contributed by atoms with van der Waals surface area (Å²) < 4.78 is 18.4. The first-order chi connectivity index (χ1) is 12.0. The number of anilines is 2. The fourth-order valence-corrected chi connectivity index (χ4v) is 2.54. The summed E-state index contributed by atoms with van der Waals surface area (Å²) in [4.78, 5) is 36.9. The molecule has 0 saturated carbocycles. The number of ether oxygens (including phenoxy) is 1. The Kier molecular flexibility index (Phi) is 4.47. The zero-order valence-electron chi connectivity index (χ0n) is 13.4. The number of amides is 2. The van der Waals surface area contributed by atoms with Gasteiger partial charge in [-0.25, -0.2) is 4.39 Å². The lowest BCUT2D eigenvalue weighted by Crippen LogP contribution is -2.47. The number of carbonyl (C=O) groups is 3. The molecule has 0 radical (unpaired) electrons. The summed E-state index contributed by atoms with van der Waals surface area (Å²) in [5.74, 6) is -0.820. The largest absolute Gasteiger partial charge is 0.479 e. The molecule has 25 heavy (non-hydrogen) atoms. The smallest absolute Gasteiger partial charge is 0.268 e.